The predicted octanol–water partition coefficient (Wildman–Crippen LogP) is 3.04. The molecule has 0 saturated heterocycles. The summed E-state index contributed by atoms with van der Waals surface area (Å²) < 4.78 is 0. The Kier molecular flexibility index (Phi) is 3.84. The minimum atomic E-state index is 0. The van der Waals surface area contributed by atoms with Crippen molar-refractivity contribution in [3.8, 4) is 17.3 Å². The number of halogens is 1. The van der Waals surface area contributed by atoms with Crippen LogP contribution in [-0.2, 0) is 0 Å². The number of nitrogens with zero attached hydrogens (tertiary/aromatic N) is 2. The molecule has 2 aromatic rings. The molecule has 0 bridgehead atoms. The minimum Gasteiger partial charge on any atom is -0.256 e. The van der Waals surface area contributed by atoms with Gasteiger partial charge in [-0.2, -0.15) is 5.26 Å². The van der Waals surface area contributed by atoms with Crippen molar-refractivity contribution in [3.05, 3.63) is 54.2 Å². The summed E-state index contributed by atoms with van der Waals surface area (Å²) in [6.07, 6.45) is 1.73. The summed E-state index contributed by atoms with van der Waals surface area (Å²) in [6.45, 7) is 0. The molecule has 0 saturated carbocycles. The summed E-state index contributed by atoms with van der Waals surface area (Å²) in [4.78, 5) is 4.21. The molecule has 0 N–H and O–H groups in total. The topological polar surface area (TPSA) is 36.7 Å². The number of aromatic nitrogens is 1. The van der Waals surface area contributed by atoms with Crippen molar-refractivity contribution in [2.75, 3.05) is 0 Å². The van der Waals surface area contributed by atoms with Crippen LogP contribution in [0, 0.1) is 11.3 Å². The highest BCUT2D eigenvalue weighted by Gasteiger charge is 2.02. The van der Waals surface area contributed by atoms with E-state index in [1.165, 1.54) is 0 Å². The maximum atomic E-state index is 8.90. The molecule has 15 heavy (non-hydrogen) atoms. The molecular formula is C12H9ClN2. The van der Waals surface area contributed by atoms with Crippen molar-refractivity contribution < 1.29 is 0 Å². The van der Waals surface area contributed by atoms with Crippen LogP contribution in [0.3, 0.4) is 0 Å². The molecule has 1 heterocycles. The van der Waals surface area contributed by atoms with Gasteiger partial charge >= 0.3 is 0 Å². The molecule has 1 aromatic heterocycles. The van der Waals surface area contributed by atoms with Crippen molar-refractivity contribution in [2.45, 2.75) is 0 Å². The van der Waals surface area contributed by atoms with Gasteiger partial charge in [-0.1, -0.05) is 24.3 Å². The summed E-state index contributed by atoms with van der Waals surface area (Å²) in [7, 11) is 0. The fraction of sp³-hybridized carbons (Fsp3) is 0. The Morgan fingerprint density at radius 1 is 1.00 bits per heavy atom. The van der Waals surface area contributed by atoms with E-state index in [0.29, 0.717) is 5.56 Å². The summed E-state index contributed by atoms with van der Waals surface area (Å²) in [5, 5.41) is 8.90. The number of hydrogen-bond donors (Lipinski definition) is 0. The SMILES string of the molecule is Cl.N#Cc1ccccc1-c1ccccn1. The molecule has 2 rings (SSSR count). The van der Waals surface area contributed by atoms with Crippen LogP contribution in [0.4, 0.5) is 0 Å². The maximum absolute atomic E-state index is 8.90. The Bertz CT molecular complexity index is 474. The van der Waals surface area contributed by atoms with Crippen LogP contribution in [-0.4, -0.2) is 4.98 Å². The van der Waals surface area contributed by atoms with Crippen molar-refractivity contribution in [1.29, 1.82) is 5.26 Å². The first-order valence-corrected chi connectivity index (χ1v) is 4.32. The van der Waals surface area contributed by atoms with E-state index in [9.17, 15) is 0 Å². The van der Waals surface area contributed by atoms with Gasteiger partial charge in [-0.05, 0) is 18.2 Å². The van der Waals surface area contributed by atoms with E-state index in [1.807, 2.05) is 36.4 Å². The van der Waals surface area contributed by atoms with Crippen molar-refractivity contribution in [2.24, 2.45) is 0 Å². The Morgan fingerprint density at radius 3 is 2.40 bits per heavy atom. The van der Waals surface area contributed by atoms with Gasteiger partial charge in [0.15, 0.2) is 0 Å². The first-order chi connectivity index (χ1) is 6.92. The van der Waals surface area contributed by atoms with Crippen LogP contribution < -0.4 is 0 Å². The molecule has 0 spiro atoms. The molecule has 0 unspecified atom stereocenters. The average molecular weight is 217 g/mol. The molecule has 2 nitrogen and oxygen atoms in total. The molecule has 0 radical (unpaired) electrons. The highest BCUT2D eigenvalue weighted by molar-refractivity contribution is 5.85. The summed E-state index contributed by atoms with van der Waals surface area (Å²) in [6, 6.07) is 15.3. The second-order valence-electron chi connectivity index (χ2n) is 2.87. The quantitative estimate of drug-likeness (QED) is 0.735. The predicted molar refractivity (Wildman–Crippen MR) is 61.6 cm³/mol. The van der Waals surface area contributed by atoms with E-state index in [-0.39, 0.29) is 12.4 Å². The van der Waals surface area contributed by atoms with Gasteiger partial charge in [0.25, 0.3) is 0 Å². The molecular weight excluding hydrogens is 208 g/mol. The van der Waals surface area contributed by atoms with Crippen molar-refractivity contribution in [3.63, 3.8) is 0 Å². The fourth-order valence-electron chi connectivity index (χ4n) is 1.33. The Morgan fingerprint density at radius 2 is 1.73 bits per heavy atom. The highest BCUT2D eigenvalue weighted by Crippen LogP contribution is 2.19. The lowest BCUT2D eigenvalue weighted by molar-refractivity contribution is 1.32. The van der Waals surface area contributed by atoms with Gasteiger partial charge in [0, 0.05) is 11.8 Å². The first-order valence-electron chi connectivity index (χ1n) is 4.32. The molecule has 0 aliphatic heterocycles. The van der Waals surface area contributed by atoms with E-state index in [2.05, 4.69) is 11.1 Å². The van der Waals surface area contributed by atoms with Crippen molar-refractivity contribution >= 4 is 12.4 Å². The summed E-state index contributed by atoms with van der Waals surface area (Å²) in [5.74, 6) is 0. The monoisotopic (exact) mass is 216 g/mol. The fourth-order valence-corrected chi connectivity index (χ4v) is 1.33. The maximum Gasteiger partial charge on any atom is 0.0998 e. The van der Waals surface area contributed by atoms with Crippen LogP contribution in [0.2, 0.25) is 0 Å². The van der Waals surface area contributed by atoms with Gasteiger partial charge in [0.1, 0.15) is 0 Å². The molecule has 3 heteroatoms. The van der Waals surface area contributed by atoms with Gasteiger partial charge in [0.2, 0.25) is 0 Å². The zero-order valence-electron chi connectivity index (χ0n) is 7.92. The number of nitriles is 1. The van der Waals surface area contributed by atoms with Crippen molar-refractivity contribution in [1.82, 2.24) is 4.98 Å². The molecule has 0 aliphatic carbocycles. The van der Waals surface area contributed by atoms with E-state index < -0.39 is 0 Å². The molecule has 0 aliphatic rings. The van der Waals surface area contributed by atoms with Gasteiger partial charge in [0.05, 0.1) is 17.3 Å². The van der Waals surface area contributed by atoms with Crippen LogP contribution >= 0.6 is 12.4 Å². The largest absolute Gasteiger partial charge is 0.256 e. The number of hydrogen-bond acceptors (Lipinski definition) is 2. The zero-order valence-corrected chi connectivity index (χ0v) is 8.74. The number of benzene rings is 1. The molecule has 0 amide bonds. The normalized spacial score (nSPS) is 8.73. The lowest BCUT2D eigenvalue weighted by Gasteiger charge is -2.01. The average Bonchev–Trinajstić information content (AvgIpc) is 2.30. The smallest absolute Gasteiger partial charge is 0.0998 e. The second-order valence-corrected chi connectivity index (χ2v) is 2.87. The van der Waals surface area contributed by atoms with Gasteiger partial charge in [-0.25, -0.2) is 0 Å². The van der Waals surface area contributed by atoms with Gasteiger partial charge < -0.3 is 0 Å². The van der Waals surface area contributed by atoms with E-state index in [1.54, 1.807) is 12.3 Å². The first kappa shape index (κ1) is 11.2. The van der Waals surface area contributed by atoms with E-state index >= 15 is 0 Å². The van der Waals surface area contributed by atoms with E-state index in [0.717, 1.165) is 11.3 Å². The minimum absolute atomic E-state index is 0. The third-order valence-electron chi connectivity index (χ3n) is 1.99. The Labute approximate surface area is 94.6 Å². The third-order valence-corrected chi connectivity index (χ3v) is 1.99. The third kappa shape index (κ3) is 2.34. The van der Waals surface area contributed by atoms with Crippen LogP contribution in [0.15, 0.2) is 48.7 Å². The summed E-state index contributed by atoms with van der Waals surface area (Å²) >= 11 is 0. The van der Waals surface area contributed by atoms with E-state index in [4.69, 9.17) is 5.26 Å². The van der Waals surface area contributed by atoms with Crippen LogP contribution in [0.1, 0.15) is 5.56 Å². The molecule has 74 valence electrons. The van der Waals surface area contributed by atoms with Crippen LogP contribution in [0.5, 0.6) is 0 Å². The molecule has 0 atom stereocenters. The number of pyridine rings is 1. The Balaban J connectivity index is 0.00000112. The summed E-state index contributed by atoms with van der Waals surface area (Å²) in [5.41, 5.74) is 2.38. The van der Waals surface area contributed by atoms with Gasteiger partial charge in [-0.3, -0.25) is 4.98 Å². The zero-order chi connectivity index (χ0) is 9.80. The number of rotatable bonds is 1. The lowest BCUT2D eigenvalue weighted by atomic mass is 10.1. The standard InChI is InChI=1S/C12H8N2.ClH/c13-9-10-5-1-2-6-11(10)12-7-3-4-8-14-12;/h1-8H;1H. The highest BCUT2D eigenvalue weighted by atomic mass is 35.5. The Hall–Kier alpha value is -1.85. The van der Waals surface area contributed by atoms with Crippen LogP contribution in [0.25, 0.3) is 11.3 Å². The lowest BCUT2D eigenvalue weighted by Crippen LogP contribution is -1.85. The molecule has 1 aromatic carbocycles. The molecule has 0 fully saturated rings. The van der Waals surface area contributed by atoms with Gasteiger partial charge in [-0.15, -0.1) is 12.4 Å². The second kappa shape index (κ2) is 5.14.